The third-order valence-electron chi connectivity index (χ3n) is 4.90. The Morgan fingerprint density at radius 3 is 2.79 bits per heavy atom. The van der Waals surface area contributed by atoms with Crippen molar-refractivity contribution in [2.45, 2.75) is 31.9 Å². The van der Waals surface area contributed by atoms with Crippen LogP contribution >= 0.6 is 0 Å². The van der Waals surface area contributed by atoms with Crippen LogP contribution < -0.4 is 5.32 Å². The summed E-state index contributed by atoms with van der Waals surface area (Å²) in [5, 5.41) is 12.2. The van der Waals surface area contributed by atoms with E-state index in [0.717, 1.165) is 12.1 Å². The average Bonchev–Trinajstić information content (AvgIpc) is 2.83. The van der Waals surface area contributed by atoms with E-state index in [1.54, 1.807) is 7.11 Å². The first-order chi connectivity index (χ1) is 11.6. The molecule has 7 nitrogen and oxygen atoms in total. The number of methoxy groups -OCH3 is 1. The van der Waals surface area contributed by atoms with E-state index in [1.807, 2.05) is 21.6 Å². The van der Waals surface area contributed by atoms with E-state index in [1.165, 1.54) is 0 Å². The highest BCUT2D eigenvalue weighted by Crippen LogP contribution is 2.29. The van der Waals surface area contributed by atoms with E-state index in [0.29, 0.717) is 51.3 Å². The summed E-state index contributed by atoms with van der Waals surface area (Å²) in [5.41, 5.74) is 1.71. The van der Waals surface area contributed by atoms with Crippen molar-refractivity contribution in [1.82, 2.24) is 14.8 Å². The van der Waals surface area contributed by atoms with E-state index in [4.69, 9.17) is 4.74 Å². The normalized spacial score (nSPS) is 23.2. The summed E-state index contributed by atoms with van der Waals surface area (Å²) in [7, 11) is 1.60. The Bertz CT molecular complexity index is 607. The summed E-state index contributed by atoms with van der Waals surface area (Å²) in [6, 6.07) is 3.81. The lowest BCUT2D eigenvalue weighted by Crippen LogP contribution is -2.44. The van der Waals surface area contributed by atoms with Crippen molar-refractivity contribution < 1.29 is 19.4 Å². The largest absolute Gasteiger partial charge is 0.393 e. The molecular weight excluding hydrogens is 310 g/mol. The van der Waals surface area contributed by atoms with Gasteiger partial charge in [-0.25, -0.2) is 0 Å². The summed E-state index contributed by atoms with van der Waals surface area (Å²) in [6.45, 7) is 2.85. The number of aliphatic hydroxyl groups excluding tert-OH is 1. The van der Waals surface area contributed by atoms with Crippen LogP contribution in [0.25, 0.3) is 0 Å². The van der Waals surface area contributed by atoms with Crippen LogP contribution in [0.1, 0.15) is 29.0 Å². The van der Waals surface area contributed by atoms with Crippen LogP contribution in [0, 0.1) is 5.92 Å². The SMILES string of the molecule is COCCNC(=O)c1ccc2n1CCN(C(=O)C1CC(O)C1)CC2. The second-order valence-electron chi connectivity index (χ2n) is 6.51. The van der Waals surface area contributed by atoms with E-state index in [2.05, 4.69) is 5.32 Å². The van der Waals surface area contributed by atoms with Crippen molar-refractivity contribution in [2.24, 2.45) is 5.92 Å². The third-order valence-corrected chi connectivity index (χ3v) is 4.90. The maximum Gasteiger partial charge on any atom is 0.267 e. The minimum atomic E-state index is -0.318. The number of aromatic nitrogens is 1. The van der Waals surface area contributed by atoms with Crippen molar-refractivity contribution in [3.63, 3.8) is 0 Å². The smallest absolute Gasteiger partial charge is 0.267 e. The quantitative estimate of drug-likeness (QED) is 0.743. The molecule has 2 amide bonds. The Labute approximate surface area is 141 Å². The fourth-order valence-electron chi connectivity index (χ4n) is 3.40. The highest BCUT2D eigenvalue weighted by molar-refractivity contribution is 5.93. The first-order valence-corrected chi connectivity index (χ1v) is 8.52. The van der Waals surface area contributed by atoms with Gasteiger partial charge in [0.05, 0.1) is 12.7 Å². The van der Waals surface area contributed by atoms with Crippen LogP contribution in [-0.4, -0.2) is 65.8 Å². The number of hydrogen-bond acceptors (Lipinski definition) is 4. The number of amides is 2. The lowest BCUT2D eigenvalue weighted by Gasteiger charge is -2.34. The van der Waals surface area contributed by atoms with Crippen LogP contribution in [0.5, 0.6) is 0 Å². The third kappa shape index (κ3) is 3.47. The van der Waals surface area contributed by atoms with Crippen LogP contribution in [0.2, 0.25) is 0 Å². The van der Waals surface area contributed by atoms with Gasteiger partial charge in [-0.3, -0.25) is 9.59 Å². The summed E-state index contributed by atoms with van der Waals surface area (Å²) in [4.78, 5) is 26.6. The highest BCUT2D eigenvalue weighted by Gasteiger charge is 2.36. The Balaban J connectivity index is 1.61. The lowest BCUT2D eigenvalue weighted by molar-refractivity contribution is -0.142. The molecule has 2 N–H and O–H groups in total. The molecule has 7 heteroatoms. The minimum Gasteiger partial charge on any atom is -0.393 e. The van der Waals surface area contributed by atoms with Crippen LogP contribution in [0.4, 0.5) is 0 Å². The topological polar surface area (TPSA) is 83.8 Å². The second kappa shape index (κ2) is 7.36. The van der Waals surface area contributed by atoms with Gasteiger partial charge < -0.3 is 24.6 Å². The van der Waals surface area contributed by atoms with Gasteiger partial charge in [-0.2, -0.15) is 0 Å². The molecule has 1 saturated carbocycles. The molecule has 1 aliphatic carbocycles. The number of nitrogens with one attached hydrogen (secondary N) is 1. The number of hydrogen-bond donors (Lipinski definition) is 2. The molecule has 1 fully saturated rings. The number of fused-ring (bicyclic) bond motifs is 1. The Hall–Kier alpha value is -1.86. The Morgan fingerprint density at radius 2 is 2.08 bits per heavy atom. The van der Waals surface area contributed by atoms with E-state index >= 15 is 0 Å². The zero-order chi connectivity index (χ0) is 17.1. The molecule has 24 heavy (non-hydrogen) atoms. The summed E-state index contributed by atoms with van der Waals surface area (Å²) >= 11 is 0. The van der Waals surface area contributed by atoms with Gasteiger partial charge in [-0.05, 0) is 25.0 Å². The first-order valence-electron chi connectivity index (χ1n) is 8.52. The van der Waals surface area contributed by atoms with Crippen molar-refractivity contribution in [3.05, 3.63) is 23.5 Å². The molecule has 0 atom stereocenters. The molecule has 1 aromatic heterocycles. The van der Waals surface area contributed by atoms with Crippen LogP contribution in [-0.2, 0) is 22.5 Å². The van der Waals surface area contributed by atoms with Crippen molar-refractivity contribution >= 4 is 11.8 Å². The molecule has 2 heterocycles. The molecular formula is C17H25N3O4. The molecule has 3 rings (SSSR count). The molecule has 132 valence electrons. The van der Waals surface area contributed by atoms with Crippen molar-refractivity contribution in [2.75, 3.05) is 33.4 Å². The zero-order valence-corrected chi connectivity index (χ0v) is 14.0. The molecule has 0 bridgehead atoms. The molecule has 0 radical (unpaired) electrons. The van der Waals surface area contributed by atoms with E-state index < -0.39 is 0 Å². The first kappa shape index (κ1) is 17.0. The standard InChI is InChI=1S/C17H25N3O4/c1-24-9-5-18-16(22)15-3-2-13-4-6-19(7-8-20(13)15)17(23)12-10-14(21)11-12/h2-3,12,14,21H,4-11H2,1H3,(H,18,22). The fourth-order valence-corrected chi connectivity index (χ4v) is 3.40. The monoisotopic (exact) mass is 335 g/mol. The second-order valence-corrected chi connectivity index (χ2v) is 6.51. The van der Waals surface area contributed by atoms with Gasteiger partial charge in [0.1, 0.15) is 5.69 Å². The maximum absolute atomic E-state index is 12.5. The number of ether oxygens (including phenoxy) is 1. The Morgan fingerprint density at radius 1 is 1.29 bits per heavy atom. The number of carbonyl (C=O) groups excluding carboxylic acids is 2. The zero-order valence-electron chi connectivity index (χ0n) is 14.0. The number of carbonyl (C=O) groups is 2. The predicted molar refractivity (Wildman–Crippen MR) is 87.7 cm³/mol. The minimum absolute atomic E-state index is 0.0331. The molecule has 0 saturated heterocycles. The Kier molecular flexibility index (Phi) is 5.20. The molecule has 0 unspecified atom stereocenters. The molecule has 0 aromatic carbocycles. The summed E-state index contributed by atoms with van der Waals surface area (Å²) < 4.78 is 6.95. The van der Waals surface area contributed by atoms with Gasteiger partial charge in [0, 0.05) is 51.3 Å². The van der Waals surface area contributed by atoms with E-state index in [9.17, 15) is 14.7 Å². The lowest BCUT2D eigenvalue weighted by atomic mass is 9.81. The average molecular weight is 335 g/mol. The fraction of sp³-hybridized carbons (Fsp3) is 0.647. The van der Waals surface area contributed by atoms with Crippen LogP contribution in [0.3, 0.4) is 0 Å². The van der Waals surface area contributed by atoms with E-state index in [-0.39, 0.29) is 23.8 Å². The maximum atomic E-state index is 12.5. The molecule has 0 spiro atoms. The van der Waals surface area contributed by atoms with Crippen LogP contribution in [0.15, 0.2) is 12.1 Å². The summed E-state index contributed by atoms with van der Waals surface area (Å²) in [6.07, 6.45) is 1.58. The number of rotatable bonds is 5. The number of aliphatic hydroxyl groups is 1. The van der Waals surface area contributed by atoms with Gasteiger partial charge in [0.2, 0.25) is 5.91 Å². The summed E-state index contributed by atoms with van der Waals surface area (Å²) in [5.74, 6) is -0.00776. The molecule has 1 aromatic rings. The predicted octanol–water partition coefficient (Wildman–Crippen LogP) is 0.0199. The van der Waals surface area contributed by atoms with Gasteiger partial charge in [-0.15, -0.1) is 0 Å². The van der Waals surface area contributed by atoms with Gasteiger partial charge in [0.15, 0.2) is 0 Å². The van der Waals surface area contributed by atoms with Gasteiger partial charge in [-0.1, -0.05) is 0 Å². The highest BCUT2D eigenvalue weighted by atomic mass is 16.5. The van der Waals surface area contributed by atoms with Gasteiger partial charge in [0.25, 0.3) is 5.91 Å². The molecule has 1 aliphatic heterocycles. The number of nitrogens with zero attached hydrogens (tertiary/aromatic N) is 2. The molecule has 2 aliphatic rings. The van der Waals surface area contributed by atoms with Gasteiger partial charge >= 0.3 is 0 Å². The van der Waals surface area contributed by atoms with Crippen molar-refractivity contribution in [3.8, 4) is 0 Å². The van der Waals surface area contributed by atoms with Crippen molar-refractivity contribution in [1.29, 1.82) is 0 Å².